The summed E-state index contributed by atoms with van der Waals surface area (Å²) in [4.78, 5) is 6.82. The van der Waals surface area contributed by atoms with E-state index in [4.69, 9.17) is 4.74 Å². The lowest BCUT2D eigenvalue weighted by Gasteiger charge is -2.26. The Balaban J connectivity index is 1.48. The highest BCUT2D eigenvalue weighted by Crippen LogP contribution is 2.22. The molecule has 2 aliphatic heterocycles. The van der Waals surface area contributed by atoms with Crippen LogP contribution in [-0.4, -0.2) is 53.8 Å². The third-order valence-electron chi connectivity index (χ3n) is 4.14. The number of nitrogens with zero attached hydrogens (tertiary/aromatic N) is 3. The lowest BCUT2D eigenvalue weighted by molar-refractivity contribution is 0.0369. The molecule has 1 atom stereocenters. The van der Waals surface area contributed by atoms with E-state index in [1.807, 2.05) is 12.5 Å². The molecule has 19 heavy (non-hydrogen) atoms. The fourth-order valence-corrected chi connectivity index (χ4v) is 3.03. The van der Waals surface area contributed by atoms with Crippen molar-refractivity contribution in [2.24, 2.45) is 0 Å². The Morgan fingerprint density at radius 2 is 2.21 bits per heavy atom. The fourth-order valence-electron chi connectivity index (χ4n) is 3.03. The molecule has 0 amide bonds. The van der Waals surface area contributed by atoms with E-state index in [-0.39, 0.29) is 0 Å². The van der Waals surface area contributed by atoms with Gasteiger partial charge in [0.25, 0.3) is 0 Å². The summed E-state index contributed by atoms with van der Waals surface area (Å²) < 4.78 is 7.70. The Hall–Kier alpha value is -0.910. The maximum atomic E-state index is 5.37. The molecule has 0 spiro atoms. The number of rotatable bonds is 5. The minimum Gasteiger partial charge on any atom is -0.379 e. The van der Waals surface area contributed by atoms with Crippen LogP contribution < -0.4 is 5.32 Å². The van der Waals surface area contributed by atoms with Crippen LogP contribution in [0, 0.1) is 0 Å². The van der Waals surface area contributed by atoms with Gasteiger partial charge in [-0.15, -0.1) is 0 Å². The van der Waals surface area contributed by atoms with Gasteiger partial charge in [-0.2, -0.15) is 0 Å². The summed E-state index contributed by atoms with van der Waals surface area (Å²) in [6.45, 7) is 7.33. The van der Waals surface area contributed by atoms with Gasteiger partial charge in [0, 0.05) is 38.4 Å². The van der Waals surface area contributed by atoms with Gasteiger partial charge < -0.3 is 14.6 Å². The predicted octanol–water partition coefficient (Wildman–Crippen LogP) is 1.03. The van der Waals surface area contributed by atoms with Gasteiger partial charge in [0.05, 0.1) is 25.2 Å². The number of aryl methyl sites for hydroxylation is 1. The highest BCUT2D eigenvalue weighted by Gasteiger charge is 2.19. The minimum absolute atomic E-state index is 0.519. The topological polar surface area (TPSA) is 42.3 Å². The summed E-state index contributed by atoms with van der Waals surface area (Å²) in [6.07, 6.45) is 7.72. The summed E-state index contributed by atoms with van der Waals surface area (Å²) in [5, 5.41) is 3.55. The van der Waals surface area contributed by atoms with Crippen molar-refractivity contribution in [3.63, 3.8) is 0 Å². The van der Waals surface area contributed by atoms with E-state index in [9.17, 15) is 0 Å². The van der Waals surface area contributed by atoms with Crippen LogP contribution in [0.4, 0.5) is 0 Å². The second kappa shape index (κ2) is 6.50. The lowest BCUT2D eigenvalue weighted by atomic mass is 10.2. The third kappa shape index (κ3) is 3.35. The van der Waals surface area contributed by atoms with Crippen molar-refractivity contribution in [1.82, 2.24) is 19.8 Å². The van der Waals surface area contributed by atoms with Crippen LogP contribution in [0.5, 0.6) is 0 Å². The number of nitrogens with one attached hydrogen (secondary N) is 1. The van der Waals surface area contributed by atoms with Gasteiger partial charge in [-0.25, -0.2) is 4.98 Å². The minimum atomic E-state index is 0.519. The number of ether oxygens (including phenoxy) is 1. The molecule has 2 aliphatic rings. The van der Waals surface area contributed by atoms with Crippen molar-refractivity contribution in [3.05, 3.63) is 18.2 Å². The highest BCUT2D eigenvalue weighted by atomic mass is 16.5. The average Bonchev–Trinajstić information content (AvgIpc) is 3.10. The van der Waals surface area contributed by atoms with Crippen LogP contribution in [0.15, 0.2) is 12.5 Å². The van der Waals surface area contributed by atoms with E-state index in [2.05, 4.69) is 19.8 Å². The summed E-state index contributed by atoms with van der Waals surface area (Å²) in [7, 11) is 0. The van der Waals surface area contributed by atoms with Gasteiger partial charge in [0.2, 0.25) is 0 Å². The van der Waals surface area contributed by atoms with E-state index >= 15 is 0 Å². The van der Waals surface area contributed by atoms with Gasteiger partial charge in [-0.3, -0.25) is 4.90 Å². The van der Waals surface area contributed by atoms with Crippen LogP contribution in [0.1, 0.15) is 31.0 Å². The zero-order chi connectivity index (χ0) is 12.9. The first-order chi connectivity index (χ1) is 9.43. The monoisotopic (exact) mass is 264 g/mol. The molecular weight excluding hydrogens is 240 g/mol. The van der Waals surface area contributed by atoms with Crippen LogP contribution in [0.2, 0.25) is 0 Å². The van der Waals surface area contributed by atoms with E-state index in [0.717, 1.165) is 39.4 Å². The molecule has 106 valence electrons. The number of aromatic nitrogens is 2. The number of imidazole rings is 1. The molecule has 3 rings (SSSR count). The zero-order valence-electron chi connectivity index (χ0n) is 11.6. The van der Waals surface area contributed by atoms with Crippen LogP contribution in [0.25, 0.3) is 0 Å². The molecule has 0 bridgehead atoms. The van der Waals surface area contributed by atoms with Gasteiger partial charge in [0.1, 0.15) is 0 Å². The van der Waals surface area contributed by atoms with Crippen molar-refractivity contribution >= 4 is 0 Å². The first-order valence-corrected chi connectivity index (χ1v) is 7.47. The normalized spacial score (nSPS) is 24.9. The molecule has 0 aliphatic carbocycles. The number of hydrogen-bond donors (Lipinski definition) is 1. The Morgan fingerprint density at radius 1 is 1.32 bits per heavy atom. The first kappa shape index (κ1) is 13.1. The van der Waals surface area contributed by atoms with Crippen molar-refractivity contribution in [1.29, 1.82) is 0 Å². The van der Waals surface area contributed by atoms with Crippen LogP contribution in [-0.2, 0) is 11.3 Å². The zero-order valence-corrected chi connectivity index (χ0v) is 11.6. The maximum Gasteiger partial charge on any atom is 0.0948 e. The van der Waals surface area contributed by atoms with E-state index in [1.54, 1.807) is 0 Å². The molecular formula is C14H24N4O. The Labute approximate surface area is 114 Å². The molecule has 2 fully saturated rings. The molecule has 0 aromatic carbocycles. The largest absolute Gasteiger partial charge is 0.379 e. The van der Waals surface area contributed by atoms with E-state index in [1.165, 1.54) is 31.5 Å². The molecule has 5 heteroatoms. The Bertz CT molecular complexity index is 381. The molecule has 0 radical (unpaired) electrons. The van der Waals surface area contributed by atoms with E-state index < -0.39 is 0 Å². The standard InChI is InChI=1S/C14H24N4O/c1-3-13(16-4-1)14-11-15-12-18(14)6-2-5-17-7-9-19-10-8-17/h11-13,16H,1-10H2. The van der Waals surface area contributed by atoms with Gasteiger partial charge in [-0.05, 0) is 25.8 Å². The molecule has 5 nitrogen and oxygen atoms in total. The Kier molecular flexibility index (Phi) is 4.48. The van der Waals surface area contributed by atoms with Crippen molar-refractivity contribution in [2.75, 3.05) is 39.4 Å². The summed E-state index contributed by atoms with van der Waals surface area (Å²) in [5.41, 5.74) is 1.36. The lowest BCUT2D eigenvalue weighted by Crippen LogP contribution is -2.37. The molecule has 2 saturated heterocycles. The second-order valence-electron chi connectivity index (χ2n) is 5.47. The van der Waals surface area contributed by atoms with Gasteiger partial charge in [0.15, 0.2) is 0 Å². The van der Waals surface area contributed by atoms with Crippen LogP contribution in [0.3, 0.4) is 0 Å². The summed E-state index contributed by atoms with van der Waals surface area (Å²) >= 11 is 0. The molecule has 3 heterocycles. The highest BCUT2D eigenvalue weighted by molar-refractivity contribution is 5.07. The molecule has 1 aromatic rings. The van der Waals surface area contributed by atoms with Crippen molar-refractivity contribution < 1.29 is 4.74 Å². The molecule has 0 saturated carbocycles. The van der Waals surface area contributed by atoms with Crippen molar-refractivity contribution in [3.8, 4) is 0 Å². The van der Waals surface area contributed by atoms with Crippen LogP contribution >= 0.6 is 0 Å². The Morgan fingerprint density at radius 3 is 3.00 bits per heavy atom. The second-order valence-corrected chi connectivity index (χ2v) is 5.47. The quantitative estimate of drug-likeness (QED) is 0.862. The average molecular weight is 264 g/mol. The van der Waals surface area contributed by atoms with E-state index in [0.29, 0.717) is 6.04 Å². The summed E-state index contributed by atoms with van der Waals surface area (Å²) in [6, 6.07) is 0.519. The molecule has 1 aromatic heterocycles. The van der Waals surface area contributed by atoms with Gasteiger partial charge in [-0.1, -0.05) is 0 Å². The SMILES string of the molecule is c1ncn(CCCN2CCOCC2)c1C1CCCN1. The third-order valence-corrected chi connectivity index (χ3v) is 4.14. The maximum absolute atomic E-state index is 5.37. The first-order valence-electron chi connectivity index (χ1n) is 7.47. The molecule has 1 N–H and O–H groups in total. The molecule has 1 unspecified atom stereocenters. The number of morpholine rings is 1. The summed E-state index contributed by atoms with van der Waals surface area (Å²) in [5.74, 6) is 0. The van der Waals surface area contributed by atoms with Crippen molar-refractivity contribution in [2.45, 2.75) is 31.8 Å². The smallest absolute Gasteiger partial charge is 0.0948 e. The fraction of sp³-hybridized carbons (Fsp3) is 0.786. The van der Waals surface area contributed by atoms with Gasteiger partial charge >= 0.3 is 0 Å². The number of hydrogen-bond acceptors (Lipinski definition) is 4. The predicted molar refractivity (Wildman–Crippen MR) is 74.1 cm³/mol.